The third-order valence-electron chi connectivity index (χ3n) is 5.47. The first-order valence-electron chi connectivity index (χ1n) is 9.69. The van der Waals surface area contributed by atoms with Crippen LogP contribution in [0.15, 0.2) is 84.9 Å². The van der Waals surface area contributed by atoms with E-state index < -0.39 is 5.60 Å². The molecule has 0 bridgehead atoms. The molecule has 0 spiro atoms. The minimum atomic E-state index is -1.44. The molecule has 4 aromatic carbocycles. The smallest absolute Gasteiger partial charge is 0.144 e. The Morgan fingerprint density at radius 2 is 1.07 bits per heavy atom. The molecule has 0 aliphatic heterocycles. The van der Waals surface area contributed by atoms with Crippen molar-refractivity contribution in [3.8, 4) is 17.2 Å². The van der Waals surface area contributed by atoms with Crippen molar-refractivity contribution >= 4 is 10.8 Å². The summed E-state index contributed by atoms with van der Waals surface area (Å²) in [6.07, 6.45) is 0. The first-order chi connectivity index (χ1) is 14.6. The zero-order valence-electron chi connectivity index (χ0n) is 17.3. The van der Waals surface area contributed by atoms with Crippen molar-refractivity contribution in [2.45, 2.75) is 5.60 Å². The van der Waals surface area contributed by atoms with Gasteiger partial charge in [0.2, 0.25) is 0 Å². The van der Waals surface area contributed by atoms with Gasteiger partial charge in [-0.05, 0) is 58.3 Å². The maximum absolute atomic E-state index is 12.3. The summed E-state index contributed by atoms with van der Waals surface area (Å²) in [5, 5.41) is 14.3. The largest absolute Gasteiger partial charge is 0.497 e. The Morgan fingerprint density at radius 3 is 1.50 bits per heavy atom. The molecule has 4 rings (SSSR count). The maximum Gasteiger partial charge on any atom is 0.144 e. The van der Waals surface area contributed by atoms with E-state index in [0.717, 1.165) is 22.3 Å². The summed E-state index contributed by atoms with van der Waals surface area (Å²) < 4.78 is 16.3. The Morgan fingerprint density at radius 1 is 0.600 bits per heavy atom. The number of aliphatic hydroxyl groups is 1. The molecule has 0 fully saturated rings. The van der Waals surface area contributed by atoms with E-state index in [1.54, 1.807) is 21.3 Å². The van der Waals surface area contributed by atoms with Gasteiger partial charge < -0.3 is 19.3 Å². The topological polar surface area (TPSA) is 47.9 Å². The van der Waals surface area contributed by atoms with Gasteiger partial charge in [0.25, 0.3) is 0 Å². The van der Waals surface area contributed by atoms with Gasteiger partial charge in [-0.2, -0.15) is 0 Å². The lowest BCUT2D eigenvalue weighted by atomic mass is 9.79. The molecule has 30 heavy (non-hydrogen) atoms. The van der Waals surface area contributed by atoms with Gasteiger partial charge in [-0.1, -0.05) is 48.5 Å². The second-order valence-electron chi connectivity index (χ2n) is 7.07. The standard InChI is InChI=1S/C26H24O4/c1-28-22-12-8-20(9-13-22)26(27,21-10-14-23(29-2)15-11-21)24-16-18-6-4-5-7-19(18)17-25(24)30-3/h4-17,27H,1-3H3. The van der Waals surface area contributed by atoms with Crippen molar-refractivity contribution in [1.82, 2.24) is 0 Å². The fourth-order valence-corrected chi connectivity index (χ4v) is 3.81. The molecule has 0 saturated carbocycles. The quantitative estimate of drug-likeness (QED) is 0.455. The van der Waals surface area contributed by atoms with Crippen LogP contribution in [0.25, 0.3) is 10.8 Å². The minimum absolute atomic E-state index is 0.614. The summed E-state index contributed by atoms with van der Waals surface area (Å²) in [5.74, 6) is 2.06. The Hall–Kier alpha value is -3.50. The molecule has 0 heterocycles. The second-order valence-corrected chi connectivity index (χ2v) is 7.07. The van der Waals surface area contributed by atoms with Gasteiger partial charge in [0.1, 0.15) is 22.8 Å². The summed E-state index contributed by atoms with van der Waals surface area (Å²) in [6, 6.07) is 26.8. The van der Waals surface area contributed by atoms with Crippen LogP contribution in [-0.2, 0) is 5.60 Å². The molecule has 4 aromatic rings. The highest BCUT2D eigenvalue weighted by Gasteiger charge is 2.37. The zero-order chi connectivity index (χ0) is 21.1. The van der Waals surface area contributed by atoms with E-state index >= 15 is 0 Å². The molecule has 0 aliphatic carbocycles. The molecular formula is C26H24O4. The van der Waals surface area contributed by atoms with E-state index in [4.69, 9.17) is 14.2 Å². The number of hydrogen-bond donors (Lipinski definition) is 1. The molecule has 0 saturated heterocycles. The Bertz CT molecular complexity index is 1100. The van der Waals surface area contributed by atoms with Crippen molar-refractivity contribution in [2.75, 3.05) is 21.3 Å². The fraction of sp³-hybridized carbons (Fsp3) is 0.154. The summed E-state index contributed by atoms with van der Waals surface area (Å²) in [4.78, 5) is 0. The lowest BCUT2D eigenvalue weighted by Crippen LogP contribution is -2.29. The van der Waals surface area contributed by atoms with Crippen molar-refractivity contribution < 1.29 is 19.3 Å². The van der Waals surface area contributed by atoms with Gasteiger partial charge in [-0.25, -0.2) is 0 Å². The molecule has 0 amide bonds. The number of benzene rings is 4. The minimum Gasteiger partial charge on any atom is -0.497 e. The molecular weight excluding hydrogens is 376 g/mol. The second kappa shape index (κ2) is 8.09. The molecule has 0 unspecified atom stereocenters. The van der Waals surface area contributed by atoms with Crippen LogP contribution in [0.3, 0.4) is 0 Å². The average Bonchev–Trinajstić information content (AvgIpc) is 2.82. The van der Waals surface area contributed by atoms with Crippen molar-refractivity contribution in [3.63, 3.8) is 0 Å². The van der Waals surface area contributed by atoms with E-state index in [1.165, 1.54) is 0 Å². The summed E-state index contributed by atoms with van der Waals surface area (Å²) in [6.45, 7) is 0. The lowest BCUT2D eigenvalue weighted by molar-refractivity contribution is 0.122. The highest BCUT2D eigenvalue weighted by atomic mass is 16.5. The van der Waals surface area contributed by atoms with Crippen LogP contribution in [0.2, 0.25) is 0 Å². The Balaban J connectivity index is 2.00. The van der Waals surface area contributed by atoms with Crippen molar-refractivity contribution in [2.24, 2.45) is 0 Å². The fourth-order valence-electron chi connectivity index (χ4n) is 3.81. The molecule has 0 atom stereocenters. The van der Waals surface area contributed by atoms with E-state index in [2.05, 4.69) is 0 Å². The van der Waals surface area contributed by atoms with Crippen LogP contribution in [0.4, 0.5) is 0 Å². The third-order valence-corrected chi connectivity index (χ3v) is 5.47. The first-order valence-corrected chi connectivity index (χ1v) is 9.69. The van der Waals surface area contributed by atoms with Crippen LogP contribution in [0.5, 0.6) is 17.2 Å². The van der Waals surface area contributed by atoms with Crippen molar-refractivity contribution in [1.29, 1.82) is 0 Å². The number of ether oxygens (including phenoxy) is 3. The predicted octanol–water partition coefficient (Wildman–Crippen LogP) is 5.15. The zero-order valence-corrected chi connectivity index (χ0v) is 17.3. The van der Waals surface area contributed by atoms with Gasteiger partial charge in [-0.3, -0.25) is 0 Å². The molecule has 0 radical (unpaired) electrons. The molecule has 152 valence electrons. The Kier molecular flexibility index (Phi) is 5.34. The summed E-state index contributed by atoms with van der Waals surface area (Å²) in [7, 11) is 4.87. The van der Waals surface area contributed by atoms with Crippen LogP contribution in [0, 0.1) is 0 Å². The molecule has 0 aromatic heterocycles. The van der Waals surface area contributed by atoms with Crippen molar-refractivity contribution in [3.05, 3.63) is 102 Å². The Labute approximate surface area is 176 Å². The normalized spacial score (nSPS) is 11.3. The van der Waals surface area contributed by atoms with Crippen LogP contribution >= 0.6 is 0 Å². The molecule has 4 nitrogen and oxygen atoms in total. The highest BCUT2D eigenvalue weighted by Crippen LogP contribution is 2.43. The molecule has 4 heteroatoms. The van der Waals surface area contributed by atoms with Gasteiger partial charge in [0, 0.05) is 5.56 Å². The lowest BCUT2D eigenvalue weighted by Gasteiger charge is -2.32. The number of fused-ring (bicyclic) bond motifs is 1. The van der Waals surface area contributed by atoms with E-state index in [-0.39, 0.29) is 0 Å². The van der Waals surface area contributed by atoms with Gasteiger partial charge in [0.05, 0.1) is 21.3 Å². The number of methoxy groups -OCH3 is 3. The predicted molar refractivity (Wildman–Crippen MR) is 119 cm³/mol. The SMILES string of the molecule is COc1ccc(C(O)(c2ccc(OC)cc2)c2cc3ccccc3cc2OC)cc1. The first kappa shape index (κ1) is 19.8. The summed E-state index contributed by atoms with van der Waals surface area (Å²) in [5.41, 5.74) is 0.650. The van der Waals surface area contributed by atoms with Gasteiger partial charge >= 0.3 is 0 Å². The monoisotopic (exact) mass is 400 g/mol. The van der Waals surface area contributed by atoms with E-state index in [1.807, 2.05) is 84.9 Å². The molecule has 0 aliphatic rings. The number of hydrogen-bond acceptors (Lipinski definition) is 4. The van der Waals surface area contributed by atoms with Crippen LogP contribution < -0.4 is 14.2 Å². The average molecular weight is 400 g/mol. The van der Waals surface area contributed by atoms with Gasteiger partial charge in [-0.15, -0.1) is 0 Å². The number of rotatable bonds is 6. The van der Waals surface area contributed by atoms with E-state index in [9.17, 15) is 5.11 Å². The van der Waals surface area contributed by atoms with Gasteiger partial charge in [0.15, 0.2) is 0 Å². The highest BCUT2D eigenvalue weighted by molar-refractivity contribution is 5.86. The van der Waals surface area contributed by atoms with Crippen LogP contribution in [0.1, 0.15) is 16.7 Å². The maximum atomic E-state index is 12.3. The summed E-state index contributed by atoms with van der Waals surface area (Å²) >= 11 is 0. The third kappa shape index (κ3) is 3.36. The molecule has 1 N–H and O–H groups in total. The van der Waals surface area contributed by atoms with Crippen LogP contribution in [-0.4, -0.2) is 26.4 Å². The van der Waals surface area contributed by atoms with E-state index in [0.29, 0.717) is 22.4 Å².